The van der Waals surface area contributed by atoms with Gasteiger partial charge >= 0.3 is 0 Å². The minimum atomic E-state index is -1.22. The number of hydrogen-bond donors (Lipinski definition) is 3. The molecule has 1 saturated carbocycles. The lowest BCUT2D eigenvalue weighted by molar-refractivity contribution is -0.136. The van der Waals surface area contributed by atoms with Gasteiger partial charge in [0, 0.05) is 43.6 Å². The molecule has 0 radical (unpaired) electrons. The van der Waals surface area contributed by atoms with Crippen LogP contribution >= 0.6 is 15.9 Å². The minimum Gasteiger partial charge on any atom is -0.496 e. The fourth-order valence-corrected chi connectivity index (χ4v) is 6.40. The van der Waals surface area contributed by atoms with Gasteiger partial charge in [-0.25, -0.2) is 9.67 Å². The molecule has 214 valence electrons. The molecular formula is C29H37BrN6O4. The molecule has 11 heteroatoms. The van der Waals surface area contributed by atoms with Gasteiger partial charge < -0.3 is 25.8 Å². The van der Waals surface area contributed by atoms with Crippen molar-refractivity contribution in [1.29, 1.82) is 0 Å². The van der Waals surface area contributed by atoms with E-state index in [9.17, 15) is 9.59 Å². The number of hydrogen-bond acceptors (Lipinski definition) is 7. The number of aromatic nitrogens is 3. The number of carbonyl (C=O) groups excluding carboxylic acids is 2. The lowest BCUT2D eigenvalue weighted by atomic mass is 9.97. The molecule has 0 bridgehead atoms. The fourth-order valence-electron chi connectivity index (χ4n) is 5.82. The minimum absolute atomic E-state index is 0.167. The zero-order valence-corrected chi connectivity index (χ0v) is 24.8. The number of ether oxygens (including phenoxy) is 2. The van der Waals surface area contributed by atoms with Crippen molar-refractivity contribution in [2.24, 2.45) is 17.1 Å². The third-order valence-electron chi connectivity index (χ3n) is 8.25. The number of aryl methyl sites for hydroxylation is 2. The standard InChI is InChI=1S/C29H37BrN6O4/c1-4-23-20(25(34-19-8-10-40-11-9-19)21-16-33-36(5-2)26(21)35-23)15-32-28(38)29(27(31)37)14-18(29)12-17-6-7-24(39-3)22(30)13-17/h6-7,13,16,18-19H,4-5,8-12,14-15H2,1-3H3,(H2,31,37)(H,32,38)(H,34,35). The fraction of sp³-hybridized carbons (Fsp3) is 0.517. The molecule has 1 saturated heterocycles. The summed E-state index contributed by atoms with van der Waals surface area (Å²) < 4.78 is 13.6. The molecule has 4 N–H and O–H groups in total. The molecule has 10 nitrogen and oxygen atoms in total. The molecule has 2 unspecified atom stereocenters. The number of nitrogens with two attached hydrogens (primary N) is 1. The number of nitrogens with zero attached hydrogens (tertiary/aromatic N) is 3. The number of anilines is 1. The van der Waals surface area contributed by atoms with E-state index in [-0.39, 0.29) is 24.4 Å². The predicted molar refractivity (Wildman–Crippen MR) is 156 cm³/mol. The Bertz CT molecular complexity index is 1420. The van der Waals surface area contributed by atoms with Gasteiger partial charge in [-0.1, -0.05) is 13.0 Å². The zero-order chi connectivity index (χ0) is 28.4. The molecule has 1 aliphatic carbocycles. The maximum Gasteiger partial charge on any atom is 0.236 e. The average molecular weight is 614 g/mol. The summed E-state index contributed by atoms with van der Waals surface area (Å²) in [5, 5.41) is 12.3. The highest BCUT2D eigenvalue weighted by atomic mass is 79.9. The summed E-state index contributed by atoms with van der Waals surface area (Å²) in [6, 6.07) is 6.03. The lowest BCUT2D eigenvalue weighted by Gasteiger charge is -2.27. The Morgan fingerprint density at radius 1 is 1.27 bits per heavy atom. The van der Waals surface area contributed by atoms with Crippen molar-refractivity contribution in [3.05, 3.63) is 45.7 Å². The van der Waals surface area contributed by atoms with Crippen LogP contribution in [0.15, 0.2) is 28.9 Å². The van der Waals surface area contributed by atoms with Crippen molar-refractivity contribution in [3.63, 3.8) is 0 Å². The smallest absolute Gasteiger partial charge is 0.236 e. The number of nitrogens with one attached hydrogen (secondary N) is 2. The van der Waals surface area contributed by atoms with Crippen LogP contribution in [0.25, 0.3) is 11.0 Å². The van der Waals surface area contributed by atoms with E-state index >= 15 is 0 Å². The monoisotopic (exact) mass is 612 g/mol. The van der Waals surface area contributed by atoms with Crippen LogP contribution in [0.2, 0.25) is 0 Å². The van der Waals surface area contributed by atoms with Crippen LogP contribution in [0.5, 0.6) is 5.75 Å². The summed E-state index contributed by atoms with van der Waals surface area (Å²) in [5.74, 6) is -0.359. The normalized spacial score (nSPS) is 20.9. The maximum atomic E-state index is 13.6. The number of amides is 2. The first-order chi connectivity index (χ1) is 19.3. The Morgan fingerprint density at radius 2 is 2.05 bits per heavy atom. The summed E-state index contributed by atoms with van der Waals surface area (Å²) >= 11 is 3.51. The summed E-state index contributed by atoms with van der Waals surface area (Å²) in [6.07, 6.45) is 5.31. The molecule has 2 aromatic heterocycles. The second-order valence-corrected chi connectivity index (χ2v) is 11.4. The topological polar surface area (TPSA) is 133 Å². The van der Waals surface area contributed by atoms with Crippen molar-refractivity contribution in [2.45, 2.75) is 65.1 Å². The van der Waals surface area contributed by atoms with E-state index in [0.717, 1.165) is 56.6 Å². The molecule has 0 spiro atoms. The molecule has 2 amide bonds. The highest BCUT2D eigenvalue weighted by molar-refractivity contribution is 9.10. The van der Waals surface area contributed by atoms with Crippen LogP contribution in [-0.4, -0.2) is 52.9 Å². The molecule has 5 rings (SSSR count). The Balaban J connectivity index is 1.39. The molecule has 1 aromatic carbocycles. The Morgan fingerprint density at radius 3 is 2.70 bits per heavy atom. The van der Waals surface area contributed by atoms with Gasteiger partial charge in [0.05, 0.1) is 28.9 Å². The second-order valence-electron chi connectivity index (χ2n) is 10.6. The number of benzene rings is 1. The number of methoxy groups -OCH3 is 1. The number of rotatable bonds is 11. The molecule has 1 aliphatic heterocycles. The molecule has 40 heavy (non-hydrogen) atoms. The molecule has 2 fully saturated rings. The molecular weight excluding hydrogens is 576 g/mol. The van der Waals surface area contributed by atoms with Gasteiger partial charge in [0.15, 0.2) is 5.65 Å². The van der Waals surface area contributed by atoms with Crippen LogP contribution in [0.3, 0.4) is 0 Å². The summed E-state index contributed by atoms with van der Waals surface area (Å²) in [5.41, 5.74) is 9.20. The largest absolute Gasteiger partial charge is 0.496 e. The molecule has 3 aromatic rings. The first-order valence-corrected chi connectivity index (χ1v) is 14.7. The van der Waals surface area contributed by atoms with Crippen molar-refractivity contribution in [2.75, 3.05) is 25.6 Å². The number of carbonyl (C=O) groups is 2. The van der Waals surface area contributed by atoms with E-state index in [0.29, 0.717) is 39.0 Å². The van der Waals surface area contributed by atoms with Gasteiger partial charge in [-0.05, 0) is 78.6 Å². The van der Waals surface area contributed by atoms with Gasteiger partial charge in [0.2, 0.25) is 11.8 Å². The van der Waals surface area contributed by atoms with Crippen molar-refractivity contribution >= 4 is 44.5 Å². The van der Waals surface area contributed by atoms with Crippen molar-refractivity contribution < 1.29 is 19.1 Å². The Kier molecular flexibility index (Phi) is 8.32. The predicted octanol–water partition coefficient (Wildman–Crippen LogP) is 3.73. The van der Waals surface area contributed by atoms with Crippen LogP contribution in [0.1, 0.15) is 49.9 Å². The van der Waals surface area contributed by atoms with E-state index in [4.69, 9.17) is 20.2 Å². The van der Waals surface area contributed by atoms with Gasteiger partial charge in [-0.15, -0.1) is 0 Å². The van der Waals surface area contributed by atoms with Crippen LogP contribution in [0, 0.1) is 11.3 Å². The van der Waals surface area contributed by atoms with Gasteiger partial charge in [0.25, 0.3) is 0 Å². The third kappa shape index (κ3) is 5.28. The third-order valence-corrected chi connectivity index (χ3v) is 8.87. The number of primary amides is 1. The number of halogens is 1. The van der Waals surface area contributed by atoms with Gasteiger partial charge in [-0.2, -0.15) is 5.10 Å². The molecule has 2 atom stereocenters. The van der Waals surface area contributed by atoms with Crippen LogP contribution in [0.4, 0.5) is 5.69 Å². The highest BCUT2D eigenvalue weighted by Crippen LogP contribution is 2.54. The number of fused-ring (bicyclic) bond motifs is 1. The van der Waals surface area contributed by atoms with E-state index < -0.39 is 11.3 Å². The van der Waals surface area contributed by atoms with Crippen LogP contribution < -0.4 is 21.1 Å². The summed E-state index contributed by atoms with van der Waals surface area (Å²) in [6.45, 7) is 6.46. The van der Waals surface area contributed by atoms with Crippen LogP contribution in [-0.2, 0) is 40.3 Å². The highest BCUT2D eigenvalue weighted by Gasteiger charge is 2.64. The zero-order valence-electron chi connectivity index (χ0n) is 23.3. The van der Waals surface area contributed by atoms with E-state index in [1.54, 1.807) is 7.11 Å². The maximum absolute atomic E-state index is 13.6. The Hall–Kier alpha value is -3.18. The van der Waals surface area contributed by atoms with Gasteiger partial charge in [-0.3, -0.25) is 9.59 Å². The first kappa shape index (κ1) is 28.4. The number of pyridine rings is 1. The molecule has 2 aliphatic rings. The molecule has 3 heterocycles. The SMILES string of the molecule is CCc1nc2c(cnn2CC)c(NC2CCOCC2)c1CNC(=O)C1(C(N)=O)CC1Cc1ccc(OC)c(Br)c1. The van der Waals surface area contributed by atoms with Gasteiger partial charge in [0.1, 0.15) is 11.2 Å². The second kappa shape index (κ2) is 11.7. The van der Waals surface area contributed by atoms with E-state index in [1.807, 2.05) is 36.0 Å². The van der Waals surface area contributed by atoms with Crippen molar-refractivity contribution in [1.82, 2.24) is 20.1 Å². The quantitative estimate of drug-likeness (QED) is 0.281. The van der Waals surface area contributed by atoms with Crippen molar-refractivity contribution in [3.8, 4) is 5.75 Å². The first-order valence-electron chi connectivity index (χ1n) is 13.9. The Labute approximate surface area is 242 Å². The van der Waals surface area contributed by atoms with E-state index in [2.05, 4.69) is 38.6 Å². The summed E-state index contributed by atoms with van der Waals surface area (Å²) in [7, 11) is 1.61. The van der Waals surface area contributed by atoms with E-state index in [1.165, 1.54) is 0 Å². The summed E-state index contributed by atoms with van der Waals surface area (Å²) in [4.78, 5) is 31.2. The average Bonchev–Trinajstić information content (AvgIpc) is 3.54. The lowest BCUT2D eigenvalue weighted by Crippen LogP contribution is -2.42.